The fourth-order valence-corrected chi connectivity index (χ4v) is 1.95. The molecule has 0 radical (unpaired) electrons. The molecular weight excluding hydrogens is 224 g/mol. The maximum atomic E-state index is 10.9. The summed E-state index contributed by atoms with van der Waals surface area (Å²) in [6.07, 6.45) is 0. The molecule has 0 atom stereocenters. The van der Waals surface area contributed by atoms with Gasteiger partial charge in [-0.2, -0.15) is 0 Å². The van der Waals surface area contributed by atoms with Gasteiger partial charge in [-0.1, -0.05) is 30.0 Å². The van der Waals surface area contributed by atoms with Crippen molar-refractivity contribution in [2.75, 3.05) is 6.61 Å². The maximum absolute atomic E-state index is 10.9. The molecule has 1 aromatic rings. The van der Waals surface area contributed by atoms with Crippen LogP contribution in [0.5, 0.6) is 0 Å². The van der Waals surface area contributed by atoms with Gasteiger partial charge < -0.3 is 9.84 Å². The Kier molecular flexibility index (Phi) is 4.92. The van der Waals surface area contributed by atoms with Crippen LogP contribution in [0, 0.1) is 0 Å². The number of carbonyl (C=O) groups is 1. The van der Waals surface area contributed by atoms with Crippen molar-refractivity contribution in [2.45, 2.75) is 18.7 Å². The van der Waals surface area contributed by atoms with Crippen molar-refractivity contribution >= 4 is 17.7 Å². The van der Waals surface area contributed by atoms with Crippen LogP contribution in [0.15, 0.2) is 45.9 Å². The highest BCUT2D eigenvalue weighted by Crippen LogP contribution is 2.29. The second-order valence-electron chi connectivity index (χ2n) is 3.07. The van der Waals surface area contributed by atoms with Gasteiger partial charge in [0.2, 0.25) is 0 Å². The summed E-state index contributed by atoms with van der Waals surface area (Å²) in [6, 6.07) is 9.56. The van der Waals surface area contributed by atoms with E-state index in [1.54, 1.807) is 6.92 Å². The summed E-state index contributed by atoms with van der Waals surface area (Å²) in [7, 11) is 0. The monoisotopic (exact) mass is 238 g/mol. The van der Waals surface area contributed by atoms with E-state index in [1.165, 1.54) is 11.8 Å². The third kappa shape index (κ3) is 3.62. The van der Waals surface area contributed by atoms with Gasteiger partial charge in [-0.3, -0.25) is 0 Å². The van der Waals surface area contributed by atoms with Gasteiger partial charge in [-0.05, 0) is 26.0 Å². The predicted octanol–water partition coefficient (Wildman–Crippen LogP) is 3.13. The quantitative estimate of drug-likeness (QED) is 0.486. The average molecular weight is 238 g/mol. The topological polar surface area (TPSA) is 46.5 Å². The van der Waals surface area contributed by atoms with Crippen LogP contribution in [-0.2, 0) is 9.53 Å². The molecule has 16 heavy (non-hydrogen) atoms. The number of thioether (sulfide) groups is 1. The molecule has 0 spiro atoms. The number of aliphatic carboxylic acids is 1. The number of carboxylic acid groups (broad SMARTS) is 1. The Morgan fingerprint density at radius 3 is 2.50 bits per heavy atom. The van der Waals surface area contributed by atoms with Gasteiger partial charge in [-0.25, -0.2) is 4.79 Å². The van der Waals surface area contributed by atoms with Crippen LogP contribution in [0.25, 0.3) is 0 Å². The molecular formula is C12H14O3S. The Balaban J connectivity index is 2.88. The minimum atomic E-state index is -0.952. The summed E-state index contributed by atoms with van der Waals surface area (Å²) in [5.41, 5.74) is 0.232. The molecule has 86 valence electrons. The highest BCUT2D eigenvalue weighted by molar-refractivity contribution is 8.03. The van der Waals surface area contributed by atoms with E-state index in [2.05, 4.69) is 0 Å². The van der Waals surface area contributed by atoms with Crippen molar-refractivity contribution in [1.82, 2.24) is 0 Å². The first kappa shape index (κ1) is 12.6. The van der Waals surface area contributed by atoms with E-state index in [4.69, 9.17) is 9.84 Å². The number of benzene rings is 1. The van der Waals surface area contributed by atoms with Gasteiger partial charge >= 0.3 is 5.97 Å². The van der Waals surface area contributed by atoms with E-state index in [-0.39, 0.29) is 5.57 Å². The van der Waals surface area contributed by atoms with Crippen molar-refractivity contribution in [1.29, 1.82) is 0 Å². The normalized spacial score (nSPS) is 11.9. The molecule has 0 aliphatic carbocycles. The number of ether oxygens (including phenoxy) is 1. The van der Waals surface area contributed by atoms with Crippen LogP contribution < -0.4 is 0 Å². The number of rotatable bonds is 5. The first-order valence-corrected chi connectivity index (χ1v) is 5.76. The van der Waals surface area contributed by atoms with Crippen LogP contribution >= 0.6 is 11.8 Å². The Morgan fingerprint density at radius 2 is 2.00 bits per heavy atom. The minimum Gasteiger partial charge on any atom is -0.487 e. The second kappa shape index (κ2) is 6.23. The SMILES string of the molecule is CCO/C(Sc1ccccc1)=C(/C)C(=O)O. The van der Waals surface area contributed by atoms with Crippen LogP contribution in [0.4, 0.5) is 0 Å². The Hall–Kier alpha value is -1.42. The third-order valence-corrected chi connectivity index (χ3v) is 2.97. The summed E-state index contributed by atoms with van der Waals surface area (Å²) in [4.78, 5) is 11.8. The van der Waals surface area contributed by atoms with Gasteiger partial charge in [0.05, 0.1) is 12.2 Å². The van der Waals surface area contributed by atoms with Gasteiger partial charge in [0.25, 0.3) is 0 Å². The lowest BCUT2D eigenvalue weighted by Gasteiger charge is -2.09. The zero-order chi connectivity index (χ0) is 12.0. The predicted molar refractivity (Wildman–Crippen MR) is 64.3 cm³/mol. The van der Waals surface area contributed by atoms with E-state index in [1.807, 2.05) is 37.3 Å². The molecule has 0 aliphatic heterocycles. The van der Waals surface area contributed by atoms with Crippen molar-refractivity contribution in [2.24, 2.45) is 0 Å². The van der Waals surface area contributed by atoms with Gasteiger partial charge in [-0.15, -0.1) is 0 Å². The first-order chi connectivity index (χ1) is 7.65. The largest absolute Gasteiger partial charge is 0.487 e. The molecule has 0 aliphatic rings. The lowest BCUT2D eigenvalue weighted by Crippen LogP contribution is -2.02. The molecule has 3 nitrogen and oxygen atoms in total. The highest BCUT2D eigenvalue weighted by Gasteiger charge is 2.11. The molecule has 0 heterocycles. The van der Waals surface area contributed by atoms with E-state index in [0.717, 1.165) is 4.90 Å². The molecule has 0 saturated heterocycles. The molecule has 0 fully saturated rings. The zero-order valence-electron chi connectivity index (χ0n) is 9.27. The van der Waals surface area contributed by atoms with Crippen LogP contribution in [0.3, 0.4) is 0 Å². The first-order valence-electron chi connectivity index (χ1n) is 4.95. The summed E-state index contributed by atoms with van der Waals surface area (Å²) >= 11 is 1.33. The third-order valence-electron chi connectivity index (χ3n) is 1.86. The lowest BCUT2D eigenvalue weighted by atomic mass is 10.3. The van der Waals surface area contributed by atoms with E-state index in [9.17, 15) is 4.79 Å². The fraction of sp³-hybridized carbons (Fsp3) is 0.250. The summed E-state index contributed by atoms with van der Waals surface area (Å²) < 4.78 is 5.33. The van der Waals surface area contributed by atoms with Crippen LogP contribution in [0.1, 0.15) is 13.8 Å². The Labute approximate surface area is 99.1 Å². The van der Waals surface area contributed by atoms with Gasteiger partial charge in [0.1, 0.15) is 0 Å². The minimum absolute atomic E-state index is 0.232. The molecule has 1 aromatic carbocycles. The zero-order valence-corrected chi connectivity index (χ0v) is 10.1. The standard InChI is InChI=1S/C12H14O3S/c1-3-15-12(9(2)11(13)14)16-10-7-5-4-6-8-10/h4-8H,3H2,1-2H3,(H,13,14)/b12-9+. The van der Waals surface area contributed by atoms with Crippen molar-refractivity contribution in [3.05, 3.63) is 41.0 Å². The molecule has 1 N–H and O–H groups in total. The van der Waals surface area contributed by atoms with Gasteiger partial charge in [0.15, 0.2) is 5.09 Å². The lowest BCUT2D eigenvalue weighted by molar-refractivity contribution is -0.132. The molecule has 0 bridgehead atoms. The number of hydrogen-bond acceptors (Lipinski definition) is 3. The molecule has 0 saturated carbocycles. The number of carboxylic acids is 1. The van der Waals surface area contributed by atoms with Crippen LogP contribution in [-0.4, -0.2) is 17.7 Å². The van der Waals surface area contributed by atoms with E-state index < -0.39 is 5.97 Å². The maximum Gasteiger partial charge on any atom is 0.335 e. The summed E-state index contributed by atoms with van der Waals surface area (Å²) in [6.45, 7) is 3.84. The number of hydrogen-bond donors (Lipinski definition) is 1. The fourth-order valence-electron chi connectivity index (χ4n) is 1.03. The molecule has 0 aromatic heterocycles. The Bertz CT molecular complexity index is 385. The van der Waals surface area contributed by atoms with E-state index in [0.29, 0.717) is 11.7 Å². The molecule has 0 amide bonds. The smallest absolute Gasteiger partial charge is 0.335 e. The molecule has 1 rings (SSSR count). The summed E-state index contributed by atoms with van der Waals surface area (Å²) in [5.74, 6) is -0.952. The average Bonchev–Trinajstić information content (AvgIpc) is 2.29. The molecule has 4 heteroatoms. The van der Waals surface area contributed by atoms with E-state index >= 15 is 0 Å². The van der Waals surface area contributed by atoms with Crippen molar-refractivity contribution in [3.63, 3.8) is 0 Å². The van der Waals surface area contributed by atoms with Crippen molar-refractivity contribution in [3.8, 4) is 0 Å². The molecule has 0 unspecified atom stereocenters. The Morgan fingerprint density at radius 1 is 1.38 bits per heavy atom. The van der Waals surface area contributed by atoms with Crippen LogP contribution in [0.2, 0.25) is 0 Å². The highest BCUT2D eigenvalue weighted by atomic mass is 32.2. The van der Waals surface area contributed by atoms with Gasteiger partial charge in [0, 0.05) is 4.90 Å². The second-order valence-corrected chi connectivity index (χ2v) is 4.11. The summed E-state index contributed by atoms with van der Waals surface area (Å²) in [5, 5.41) is 9.35. The van der Waals surface area contributed by atoms with Crippen molar-refractivity contribution < 1.29 is 14.6 Å².